The molecular formula is C49H65N3O2. The van der Waals surface area contributed by atoms with Crippen LogP contribution in [0.15, 0.2) is 85.0 Å². The third-order valence-electron chi connectivity index (χ3n) is 11.6. The summed E-state index contributed by atoms with van der Waals surface area (Å²) in [5.74, 6) is 1.19. The maximum Gasteiger partial charge on any atom is 0.255 e. The molecule has 3 aromatic carbocycles. The molecule has 0 radical (unpaired) electrons. The summed E-state index contributed by atoms with van der Waals surface area (Å²) in [6.07, 6.45) is 20.3. The van der Waals surface area contributed by atoms with Crippen LogP contribution in [0.1, 0.15) is 136 Å². The van der Waals surface area contributed by atoms with Crippen LogP contribution in [0.5, 0.6) is 5.75 Å². The standard InChI is InChI=1S/C49H65N3O2/c1-8-12-13-17-41(16-9-2)48-45(40-18-14-19-40)33-43(34-47(48)53)50-49(54)42-23-20-38(21-24-42)31-39-22-25-46-44(32-39)36(6)37(7)52(46)29-15-28-51(27-10-3)30-26-35(5)11-4/h9,12-13,16-17,20-25,32-35,40,53H,8,10-11,14-15,18-19,26-31H2,1-7H3,(H,50,54)/b13-12+,16-9-,41-17+. The lowest BCUT2D eigenvalue weighted by Gasteiger charge is -2.29. The van der Waals surface area contributed by atoms with Crippen molar-refractivity contribution in [3.8, 4) is 5.75 Å². The fraction of sp³-hybridized carbons (Fsp3) is 0.449. The van der Waals surface area contributed by atoms with Crippen LogP contribution in [0.25, 0.3) is 16.5 Å². The monoisotopic (exact) mass is 728 g/mol. The van der Waals surface area contributed by atoms with Crippen molar-refractivity contribution in [2.24, 2.45) is 5.92 Å². The Hall–Kier alpha value is -4.35. The molecule has 5 nitrogen and oxygen atoms in total. The van der Waals surface area contributed by atoms with Crippen LogP contribution in [0.2, 0.25) is 0 Å². The van der Waals surface area contributed by atoms with Crippen molar-refractivity contribution in [3.05, 3.63) is 124 Å². The molecule has 1 unspecified atom stereocenters. The van der Waals surface area contributed by atoms with E-state index >= 15 is 0 Å². The first-order valence-electron chi connectivity index (χ1n) is 20.7. The number of hydrogen-bond donors (Lipinski definition) is 2. The van der Waals surface area contributed by atoms with Crippen LogP contribution in [-0.4, -0.2) is 40.1 Å². The van der Waals surface area contributed by atoms with Crippen LogP contribution in [-0.2, 0) is 13.0 Å². The molecule has 4 aromatic rings. The van der Waals surface area contributed by atoms with E-state index in [0.29, 0.717) is 17.2 Å². The van der Waals surface area contributed by atoms with Crippen molar-refractivity contribution in [1.82, 2.24) is 9.47 Å². The number of aromatic nitrogens is 1. The van der Waals surface area contributed by atoms with E-state index in [1.807, 2.05) is 31.2 Å². The second kappa shape index (κ2) is 19.8. The van der Waals surface area contributed by atoms with Gasteiger partial charge < -0.3 is 19.9 Å². The normalized spacial score (nSPS) is 14.5. The summed E-state index contributed by atoms with van der Waals surface area (Å²) < 4.78 is 2.52. The van der Waals surface area contributed by atoms with E-state index in [1.165, 1.54) is 72.1 Å². The number of aromatic hydroxyl groups is 1. The summed E-state index contributed by atoms with van der Waals surface area (Å²) in [6, 6.07) is 18.6. The molecule has 0 bridgehead atoms. The number of carbonyl (C=O) groups excluding carboxylic acids is 1. The fourth-order valence-corrected chi connectivity index (χ4v) is 7.81. The number of phenols is 1. The highest BCUT2D eigenvalue weighted by atomic mass is 16.3. The van der Waals surface area contributed by atoms with Crippen molar-refractivity contribution in [2.75, 3.05) is 25.0 Å². The number of fused-ring (bicyclic) bond motifs is 1. The molecule has 1 aliphatic carbocycles. The Labute approximate surface area is 325 Å². The predicted molar refractivity (Wildman–Crippen MR) is 231 cm³/mol. The first-order chi connectivity index (χ1) is 26.2. The molecule has 288 valence electrons. The van der Waals surface area contributed by atoms with Gasteiger partial charge in [-0.3, -0.25) is 4.79 Å². The smallest absolute Gasteiger partial charge is 0.255 e. The number of aryl methyl sites for hydroxylation is 2. The number of benzene rings is 3. The molecule has 5 heteroatoms. The lowest BCUT2D eigenvalue weighted by atomic mass is 9.76. The van der Waals surface area contributed by atoms with Gasteiger partial charge in [-0.15, -0.1) is 0 Å². The van der Waals surface area contributed by atoms with Gasteiger partial charge in [0.05, 0.1) is 0 Å². The molecule has 1 heterocycles. The minimum atomic E-state index is -0.175. The Balaban J connectivity index is 1.25. The topological polar surface area (TPSA) is 57.5 Å². The van der Waals surface area contributed by atoms with Gasteiger partial charge in [-0.05, 0) is 155 Å². The van der Waals surface area contributed by atoms with E-state index in [-0.39, 0.29) is 11.7 Å². The van der Waals surface area contributed by atoms with E-state index in [4.69, 9.17) is 0 Å². The highest BCUT2D eigenvalue weighted by Crippen LogP contribution is 2.44. The van der Waals surface area contributed by atoms with E-state index in [1.54, 1.807) is 6.07 Å². The van der Waals surface area contributed by atoms with Gasteiger partial charge in [0.15, 0.2) is 0 Å². The molecule has 1 aliphatic rings. The van der Waals surface area contributed by atoms with Gasteiger partial charge in [-0.1, -0.05) is 89.1 Å². The van der Waals surface area contributed by atoms with Crippen LogP contribution in [0, 0.1) is 19.8 Å². The van der Waals surface area contributed by atoms with Gasteiger partial charge in [0.2, 0.25) is 0 Å². The minimum Gasteiger partial charge on any atom is -0.507 e. The van der Waals surface area contributed by atoms with Crippen molar-refractivity contribution >= 4 is 28.1 Å². The van der Waals surface area contributed by atoms with Gasteiger partial charge in [-0.2, -0.15) is 0 Å². The average molecular weight is 728 g/mol. The molecule has 54 heavy (non-hydrogen) atoms. The van der Waals surface area contributed by atoms with E-state index in [2.05, 4.69) is 111 Å². The van der Waals surface area contributed by atoms with Crippen LogP contribution >= 0.6 is 0 Å². The highest BCUT2D eigenvalue weighted by molar-refractivity contribution is 6.04. The Kier molecular flexibility index (Phi) is 15.0. The van der Waals surface area contributed by atoms with E-state index in [0.717, 1.165) is 67.8 Å². The van der Waals surface area contributed by atoms with Gasteiger partial charge in [0.25, 0.3) is 5.91 Å². The van der Waals surface area contributed by atoms with Crippen molar-refractivity contribution in [2.45, 2.75) is 119 Å². The third-order valence-corrected chi connectivity index (χ3v) is 11.6. The number of carbonyl (C=O) groups is 1. The molecule has 1 atom stereocenters. The number of nitrogens with one attached hydrogen (secondary N) is 1. The Morgan fingerprint density at radius 3 is 2.43 bits per heavy atom. The van der Waals surface area contributed by atoms with Crippen LogP contribution < -0.4 is 5.32 Å². The molecule has 5 rings (SSSR count). The molecule has 0 saturated heterocycles. The zero-order chi connectivity index (χ0) is 38.6. The summed E-state index contributed by atoms with van der Waals surface area (Å²) in [4.78, 5) is 16.1. The predicted octanol–water partition coefficient (Wildman–Crippen LogP) is 12.5. The number of anilines is 1. The first-order valence-corrected chi connectivity index (χ1v) is 20.7. The summed E-state index contributed by atoms with van der Waals surface area (Å²) >= 11 is 0. The Morgan fingerprint density at radius 1 is 1.00 bits per heavy atom. The number of rotatable bonds is 19. The first kappa shape index (κ1) is 40.8. The van der Waals surface area contributed by atoms with Crippen molar-refractivity contribution in [3.63, 3.8) is 0 Å². The van der Waals surface area contributed by atoms with Crippen LogP contribution in [0.3, 0.4) is 0 Å². The zero-order valence-corrected chi connectivity index (χ0v) is 34.2. The second-order valence-corrected chi connectivity index (χ2v) is 15.6. The summed E-state index contributed by atoms with van der Waals surface area (Å²) in [6.45, 7) is 20.2. The number of allylic oxidation sites excluding steroid dienone is 6. The molecule has 0 aliphatic heterocycles. The molecule has 0 spiro atoms. The molecular weight excluding hydrogens is 663 g/mol. The van der Waals surface area contributed by atoms with E-state index < -0.39 is 0 Å². The van der Waals surface area contributed by atoms with Crippen molar-refractivity contribution < 1.29 is 9.90 Å². The SMILES string of the molecule is C\C=C/C(=C\C=C\CC)c1c(O)cc(NC(=O)c2ccc(Cc3ccc4c(c3)c(C)c(C)n4CCCN(CCC)CCC(C)CC)cc2)cc1C1CCC1. The summed E-state index contributed by atoms with van der Waals surface area (Å²) in [5, 5.41) is 15.7. The number of nitrogens with zero attached hydrogens (tertiary/aromatic N) is 2. The Bertz CT molecular complexity index is 1940. The van der Waals surface area contributed by atoms with Gasteiger partial charge >= 0.3 is 0 Å². The van der Waals surface area contributed by atoms with E-state index in [9.17, 15) is 9.90 Å². The molecule has 1 fully saturated rings. The van der Waals surface area contributed by atoms with Crippen LogP contribution in [0.4, 0.5) is 5.69 Å². The lowest BCUT2D eigenvalue weighted by molar-refractivity contribution is 0.102. The average Bonchev–Trinajstić information content (AvgIpc) is 3.37. The molecule has 2 N–H and O–H groups in total. The summed E-state index contributed by atoms with van der Waals surface area (Å²) in [7, 11) is 0. The maximum atomic E-state index is 13.5. The van der Waals surface area contributed by atoms with Gasteiger partial charge in [0.1, 0.15) is 5.75 Å². The van der Waals surface area contributed by atoms with Crippen molar-refractivity contribution in [1.29, 1.82) is 0 Å². The fourth-order valence-electron chi connectivity index (χ4n) is 7.81. The molecule has 1 saturated carbocycles. The third kappa shape index (κ3) is 10.2. The lowest BCUT2D eigenvalue weighted by Crippen LogP contribution is -2.28. The Morgan fingerprint density at radius 2 is 1.76 bits per heavy atom. The number of phenolic OH excluding ortho intramolecular Hbond substituents is 1. The maximum absolute atomic E-state index is 13.5. The number of amides is 1. The largest absolute Gasteiger partial charge is 0.507 e. The summed E-state index contributed by atoms with van der Waals surface area (Å²) in [5.41, 5.74) is 10.7. The quantitative estimate of drug-likeness (QED) is 0.0946. The zero-order valence-electron chi connectivity index (χ0n) is 34.2. The van der Waals surface area contributed by atoms with Gasteiger partial charge in [0, 0.05) is 46.0 Å². The number of hydrogen-bond acceptors (Lipinski definition) is 3. The molecule has 1 amide bonds. The van der Waals surface area contributed by atoms with Gasteiger partial charge in [-0.25, -0.2) is 0 Å². The highest BCUT2D eigenvalue weighted by Gasteiger charge is 2.26. The second-order valence-electron chi connectivity index (χ2n) is 15.6. The minimum absolute atomic E-state index is 0.175. The molecule has 1 aromatic heterocycles.